The van der Waals surface area contributed by atoms with Crippen LogP contribution in [0.15, 0.2) is 67.0 Å². The van der Waals surface area contributed by atoms with Crippen LogP contribution in [0.5, 0.6) is 6.01 Å². The summed E-state index contributed by atoms with van der Waals surface area (Å²) in [5.41, 5.74) is 3.24. The van der Waals surface area contributed by atoms with Crippen molar-refractivity contribution in [2.45, 2.75) is 25.8 Å². The Morgan fingerprint density at radius 1 is 0.725 bits per heavy atom. The van der Waals surface area contributed by atoms with E-state index in [0.717, 1.165) is 61.3 Å². The first-order valence-electron chi connectivity index (χ1n) is 14.8. The normalized spacial score (nSPS) is 12.4. The maximum atomic E-state index is 13.4. The molecule has 1 saturated heterocycles. The highest BCUT2D eigenvalue weighted by molar-refractivity contribution is 6.25. The van der Waals surface area contributed by atoms with Gasteiger partial charge in [0, 0.05) is 31.9 Å². The Balaban J connectivity index is 0.000000414. The maximum absolute atomic E-state index is 13.4. The van der Waals surface area contributed by atoms with Gasteiger partial charge in [0.05, 0.1) is 46.8 Å². The molecule has 2 aromatic heterocycles. The summed E-state index contributed by atoms with van der Waals surface area (Å²) in [6.45, 7) is 4.30. The van der Waals surface area contributed by atoms with Crippen molar-refractivity contribution < 1.29 is 68.5 Å². The van der Waals surface area contributed by atoms with Gasteiger partial charge in [-0.1, -0.05) is 24.3 Å². The number of hydrogen-bond acceptors (Lipinski definition) is 17. The molecule has 0 N–H and O–H groups in total. The minimum Gasteiger partial charge on any atom is -0.543 e. The molecule has 2 aromatic carbocycles. The molecule has 0 amide bonds. The highest BCUT2D eigenvalue weighted by Gasteiger charge is 2.22. The summed E-state index contributed by atoms with van der Waals surface area (Å²) >= 11 is 0. The molecule has 4 aromatic rings. The number of carbonyl (C=O) groups excluding carboxylic acids is 6. The molecule has 19 heteroatoms. The predicted octanol–water partition coefficient (Wildman–Crippen LogP) is -6.19. The zero-order valence-corrected chi connectivity index (χ0v) is 26.5. The van der Waals surface area contributed by atoms with Crippen molar-refractivity contribution >= 4 is 46.8 Å². The van der Waals surface area contributed by atoms with Gasteiger partial charge in [0.1, 0.15) is 18.2 Å². The van der Waals surface area contributed by atoms with E-state index in [-0.39, 0.29) is 5.82 Å². The van der Waals surface area contributed by atoms with Crippen LogP contribution < -0.4 is 35.4 Å². The molecule has 51 heavy (non-hydrogen) atoms. The average Bonchev–Trinajstić information content (AvgIpc) is 3.44. The van der Waals surface area contributed by atoms with Crippen LogP contribution in [0.1, 0.15) is 24.2 Å². The zero-order valence-electron chi connectivity index (χ0n) is 26.5. The number of benzene rings is 2. The highest BCUT2D eigenvalue weighted by atomic mass is 19.1. The van der Waals surface area contributed by atoms with Crippen LogP contribution in [-0.4, -0.2) is 86.5 Å². The first kappa shape index (κ1) is 40.7. The third-order valence-electron chi connectivity index (χ3n) is 6.85. The number of ether oxygens (including phenoxy) is 1. The SMILES string of the molecule is Fc1ccc(Cn2c(CC3CCN(CCOc4ncccn4)CC3)nc3ccccc32)cc1.O=C([O-])C(=O)[O-].O=C([O-])C(=O)[O-].O=C([O-])C(=O)[O-]. The fraction of sp³-hybridized carbons (Fsp3) is 0.281. The molecule has 5 rings (SSSR count). The Hall–Kier alpha value is -6.50. The Labute approximate surface area is 288 Å². The molecule has 0 radical (unpaired) electrons. The predicted molar refractivity (Wildman–Crippen MR) is 156 cm³/mol. The van der Waals surface area contributed by atoms with Crippen LogP contribution in [0.4, 0.5) is 4.39 Å². The van der Waals surface area contributed by atoms with Crippen LogP contribution in [0.2, 0.25) is 0 Å². The van der Waals surface area contributed by atoms with Gasteiger partial charge in [-0.3, -0.25) is 4.90 Å². The smallest absolute Gasteiger partial charge is 0.316 e. The van der Waals surface area contributed by atoms with Gasteiger partial charge in [0.25, 0.3) is 0 Å². The molecule has 18 nitrogen and oxygen atoms in total. The number of nitrogens with zero attached hydrogens (tertiary/aromatic N) is 5. The molecule has 0 spiro atoms. The second-order valence-electron chi connectivity index (χ2n) is 10.3. The third kappa shape index (κ3) is 15.1. The summed E-state index contributed by atoms with van der Waals surface area (Å²) in [5, 5.41) is 53.6. The number of para-hydroxylation sites is 2. The van der Waals surface area contributed by atoms with Gasteiger partial charge in [-0.2, -0.15) is 0 Å². The molecule has 272 valence electrons. The summed E-state index contributed by atoms with van der Waals surface area (Å²) in [4.78, 5) is 69.2. The van der Waals surface area contributed by atoms with Crippen molar-refractivity contribution in [2.24, 2.45) is 5.92 Å². The molecule has 0 unspecified atom stereocenters. The summed E-state index contributed by atoms with van der Waals surface area (Å²) in [5.74, 6) is -11.6. The average molecular weight is 710 g/mol. The number of aliphatic carboxylic acids is 6. The molecular formula is C32H28FN5O13-6. The first-order valence-corrected chi connectivity index (χ1v) is 14.8. The lowest BCUT2D eigenvalue weighted by Gasteiger charge is -2.31. The number of halogens is 1. The Morgan fingerprint density at radius 3 is 1.75 bits per heavy atom. The molecule has 0 saturated carbocycles. The van der Waals surface area contributed by atoms with Gasteiger partial charge >= 0.3 is 6.01 Å². The van der Waals surface area contributed by atoms with Crippen molar-refractivity contribution in [1.82, 2.24) is 24.4 Å². The molecule has 1 aliphatic heterocycles. The van der Waals surface area contributed by atoms with Gasteiger partial charge in [0.2, 0.25) is 0 Å². The van der Waals surface area contributed by atoms with Crippen molar-refractivity contribution in [3.8, 4) is 6.01 Å². The van der Waals surface area contributed by atoms with E-state index in [0.29, 0.717) is 25.1 Å². The molecule has 0 aliphatic carbocycles. The summed E-state index contributed by atoms with van der Waals surface area (Å²) in [6.07, 6.45) is 6.62. The molecular weight excluding hydrogens is 681 g/mol. The maximum Gasteiger partial charge on any atom is 0.316 e. The van der Waals surface area contributed by atoms with E-state index in [1.54, 1.807) is 18.5 Å². The first-order chi connectivity index (χ1) is 24.2. The lowest BCUT2D eigenvalue weighted by Crippen LogP contribution is -2.42. The highest BCUT2D eigenvalue weighted by Crippen LogP contribution is 2.25. The van der Waals surface area contributed by atoms with Crippen molar-refractivity contribution in [2.75, 3.05) is 26.2 Å². The minimum atomic E-state index is -2.19. The largest absolute Gasteiger partial charge is 0.543 e. The number of carboxylic acids is 6. The standard InChI is InChI=1S/C26H28FN5O.3C2H2O4/c27-22-8-6-21(7-9-22)19-32-24-5-2-1-4-23(24)30-25(32)18-20-10-14-31(15-11-20)16-17-33-26-28-12-3-13-29-26;3*3-1(4)2(5)6/h1-9,12-13,20H,10-11,14-19H2;3*(H,3,4)(H,5,6)/p-6. The van der Waals surface area contributed by atoms with Gasteiger partial charge < -0.3 is 68.7 Å². The van der Waals surface area contributed by atoms with Crippen molar-refractivity contribution in [1.29, 1.82) is 0 Å². The number of piperidine rings is 1. The van der Waals surface area contributed by atoms with Gasteiger partial charge in [0.15, 0.2) is 0 Å². The fourth-order valence-corrected chi connectivity index (χ4v) is 4.53. The second kappa shape index (κ2) is 20.8. The lowest BCUT2D eigenvalue weighted by atomic mass is 9.93. The van der Waals surface area contributed by atoms with E-state index in [2.05, 4.69) is 37.6 Å². The van der Waals surface area contributed by atoms with E-state index in [1.165, 1.54) is 12.1 Å². The van der Waals surface area contributed by atoms with Crippen LogP contribution in [0.25, 0.3) is 11.0 Å². The Bertz CT molecular complexity index is 1680. The summed E-state index contributed by atoms with van der Waals surface area (Å²) in [6, 6.07) is 17.3. The summed E-state index contributed by atoms with van der Waals surface area (Å²) in [7, 11) is 0. The van der Waals surface area contributed by atoms with E-state index in [4.69, 9.17) is 69.1 Å². The molecule has 0 atom stereocenters. The number of imidazole rings is 1. The number of aromatic nitrogens is 4. The Kier molecular flexibility index (Phi) is 16.6. The topological polar surface area (TPSA) is 297 Å². The lowest BCUT2D eigenvalue weighted by molar-refractivity contribution is -0.345. The van der Waals surface area contributed by atoms with Crippen LogP contribution in [0.3, 0.4) is 0 Å². The second-order valence-corrected chi connectivity index (χ2v) is 10.3. The van der Waals surface area contributed by atoms with Crippen molar-refractivity contribution in [3.63, 3.8) is 0 Å². The van der Waals surface area contributed by atoms with E-state index < -0.39 is 35.8 Å². The monoisotopic (exact) mass is 709 g/mol. The summed E-state index contributed by atoms with van der Waals surface area (Å²) < 4.78 is 21.3. The molecule has 1 fully saturated rings. The fourth-order valence-electron chi connectivity index (χ4n) is 4.53. The third-order valence-corrected chi connectivity index (χ3v) is 6.85. The zero-order chi connectivity index (χ0) is 37.9. The van der Waals surface area contributed by atoms with Crippen molar-refractivity contribution in [3.05, 3.63) is 84.2 Å². The number of fused-ring (bicyclic) bond motifs is 1. The van der Waals surface area contributed by atoms with E-state index in [1.807, 2.05) is 18.2 Å². The van der Waals surface area contributed by atoms with E-state index in [9.17, 15) is 4.39 Å². The van der Waals surface area contributed by atoms with Gasteiger partial charge in [-0.25, -0.2) is 19.3 Å². The molecule has 3 heterocycles. The van der Waals surface area contributed by atoms with Crippen LogP contribution >= 0.6 is 0 Å². The van der Waals surface area contributed by atoms with Gasteiger partial charge in [-0.15, -0.1) is 0 Å². The molecule has 0 bridgehead atoms. The van der Waals surface area contributed by atoms with Gasteiger partial charge in [-0.05, 0) is 67.7 Å². The number of carboxylic acid groups (broad SMARTS) is 6. The van der Waals surface area contributed by atoms with E-state index >= 15 is 0 Å². The number of likely N-dealkylation sites (tertiary alicyclic amines) is 1. The van der Waals surface area contributed by atoms with Crippen LogP contribution in [0, 0.1) is 11.7 Å². The Morgan fingerprint density at radius 2 is 1.24 bits per heavy atom. The minimum absolute atomic E-state index is 0.206. The number of carbonyl (C=O) groups is 6. The van der Waals surface area contributed by atoms with Crippen LogP contribution in [-0.2, 0) is 41.7 Å². The number of rotatable bonds is 8. The quantitative estimate of drug-likeness (QED) is 0.154. The number of hydrogen-bond donors (Lipinski definition) is 0. The molecule has 1 aliphatic rings.